The van der Waals surface area contributed by atoms with Gasteiger partial charge in [0.2, 0.25) is 0 Å². The van der Waals surface area contributed by atoms with Gasteiger partial charge in [0.15, 0.2) is 0 Å². The molecule has 0 amide bonds. The average molecular weight is 348 g/mol. The first kappa shape index (κ1) is 17.9. The van der Waals surface area contributed by atoms with Crippen LogP contribution in [0.25, 0.3) is 0 Å². The summed E-state index contributed by atoms with van der Waals surface area (Å²) in [4.78, 5) is 11.6. The molecule has 5 heteroatoms. The number of hydrogen-bond donors (Lipinski definition) is 2. The number of aliphatic carboxylic acids is 1. The van der Waals surface area contributed by atoms with Crippen molar-refractivity contribution in [1.29, 1.82) is 0 Å². The first-order chi connectivity index (χ1) is 11.1. The Kier molecular flexibility index (Phi) is 7.02. The van der Waals surface area contributed by atoms with Gasteiger partial charge in [-0.2, -0.15) is 23.5 Å². The molecule has 2 rings (SSSR count). The molecule has 0 aliphatic heterocycles. The van der Waals surface area contributed by atoms with Gasteiger partial charge in [-0.15, -0.1) is 0 Å². The molecule has 0 unspecified atom stereocenters. The topological polar surface area (TPSA) is 63.3 Å². The van der Waals surface area contributed by atoms with E-state index in [0.29, 0.717) is 11.5 Å². The van der Waals surface area contributed by atoms with E-state index in [-0.39, 0.29) is 0 Å². The van der Waals surface area contributed by atoms with Crippen molar-refractivity contribution >= 4 is 29.5 Å². The molecule has 0 atom stereocenters. The number of thioether (sulfide) groups is 2. The Morgan fingerprint density at radius 2 is 1.26 bits per heavy atom. The maximum absolute atomic E-state index is 11.6. The summed E-state index contributed by atoms with van der Waals surface area (Å²) in [5.74, 6) is 1.42. The maximum atomic E-state index is 11.6. The van der Waals surface area contributed by atoms with Crippen LogP contribution in [0.3, 0.4) is 0 Å². The van der Waals surface area contributed by atoms with E-state index in [1.807, 2.05) is 60.7 Å². The molecule has 2 aromatic rings. The highest BCUT2D eigenvalue weighted by atomic mass is 32.2. The fraction of sp³-hybridized carbons (Fsp3) is 0.278. The van der Waals surface area contributed by atoms with Crippen LogP contribution in [0.4, 0.5) is 0 Å². The Hall–Kier alpha value is -1.43. The summed E-state index contributed by atoms with van der Waals surface area (Å²) in [6, 6.07) is 20.0. The Labute approximate surface area is 145 Å². The molecular formula is C18H21NO2S2. The number of hydrogen-bond acceptors (Lipinski definition) is 4. The van der Waals surface area contributed by atoms with Crippen LogP contribution in [-0.4, -0.2) is 28.1 Å². The number of rotatable bonds is 9. The average Bonchev–Trinajstić information content (AvgIpc) is 2.57. The normalized spacial score (nSPS) is 11.3. The lowest BCUT2D eigenvalue weighted by Gasteiger charge is -2.24. The summed E-state index contributed by atoms with van der Waals surface area (Å²) >= 11 is 3.14. The van der Waals surface area contributed by atoms with Crippen molar-refractivity contribution in [3.63, 3.8) is 0 Å². The van der Waals surface area contributed by atoms with Crippen molar-refractivity contribution in [1.82, 2.24) is 0 Å². The van der Waals surface area contributed by atoms with Crippen molar-refractivity contribution in [2.24, 2.45) is 5.73 Å². The molecule has 0 aromatic heterocycles. The van der Waals surface area contributed by atoms with E-state index in [0.717, 1.165) is 11.5 Å². The number of carboxylic acid groups (broad SMARTS) is 1. The summed E-state index contributed by atoms with van der Waals surface area (Å²) in [6.45, 7) is 0. The van der Waals surface area contributed by atoms with E-state index in [2.05, 4.69) is 0 Å². The van der Waals surface area contributed by atoms with Crippen molar-refractivity contribution < 1.29 is 9.90 Å². The van der Waals surface area contributed by atoms with Gasteiger partial charge in [0, 0.05) is 23.0 Å². The van der Waals surface area contributed by atoms with Crippen LogP contribution in [-0.2, 0) is 16.3 Å². The lowest BCUT2D eigenvalue weighted by Crippen LogP contribution is -2.52. The van der Waals surface area contributed by atoms with Gasteiger partial charge in [-0.1, -0.05) is 60.7 Å². The molecule has 0 aliphatic carbocycles. The number of carbonyl (C=O) groups is 1. The molecule has 3 N–H and O–H groups in total. The fourth-order valence-corrected chi connectivity index (χ4v) is 4.38. The predicted octanol–water partition coefficient (Wildman–Crippen LogP) is 3.64. The van der Waals surface area contributed by atoms with Crippen LogP contribution >= 0.6 is 23.5 Å². The molecule has 0 spiro atoms. The summed E-state index contributed by atoms with van der Waals surface area (Å²) in [7, 11) is 0. The van der Waals surface area contributed by atoms with Crippen LogP contribution in [0.1, 0.15) is 11.1 Å². The maximum Gasteiger partial charge on any atom is 0.325 e. The van der Waals surface area contributed by atoms with Gasteiger partial charge in [-0.3, -0.25) is 4.79 Å². The summed E-state index contributed by atoms with van der Waals surface area (Å²) < 4.78 is 0. The molecule has 0 heterocycles. The monoisotopic (exact) mass is 347 g/mol. The molecule has 122 valence electrons. The van der Waals surface area contributed by atoms with Crippen LogP contribution in [0.15, 0.2) is 60.7 Å². The lowest BCUT2D eigenvalue weighted by atomic mass is 10.1. The van der Waals surface area contributed by atoms with Crippen molar-refractivity contribution in [2.75, 3.05) is 11.5 Å². The molecule has 3 nitrogen and oxygen atoms in total. The second kappa shape index (κ2) is 9.01. The molecular weight excluding hydrogens is 326 g/mol. The molecule has 0 bridgehead atoms. The zero-order valence-corrected chi connectivity index (χ0v) is 14.5. The zero-order valence-electron chi connectivity index (χ0n) is 12.9. The molecule has 0 saturated carbocycles. The number of nitrogens with two attached hydrogens (primary N) is 1. The predicted molar refractivity (Wildman–Crippen MR) is 99.8 cm³/mol. The minimum atomic E-state index is -1.20. The second-order valence-electron chi connectivity index (χ2n) is 5.42. The summed E-state index contributed by atoms with van der Waals surface area (Å²) in [6.07, 6.45) is 0. The molecule has 2 aromatic carbocycles. The van der Waals surface area contributed by atoms with Crippen LogP contribution in [0.2, 0.25) is 0 Å². The number of benzene rings is 2. The van der Waals surface area contributed by atoms with Crippen molar-refractivity contribution in [2.45, 2.75) is 17.0 Å². The van der Waals surface area contributed by atoms with Crippen molar-refractivity contribution in [3.05, 3.63) is 71.8 Å². The van der Waals surface area contributed by atoms with Gasteiger partial charge in [0.1, 0.15) is 5.54 Å². The van der Waals surface area contributed by atoms with E-state index >= 15 is 0 Å². The van der Waals surface area contributed by atoms with Gasteiger partial charge >= 0.3 is 5.97 Å². The minimum Gasteiger partial charge on any atom is -0.480 e. The Bertz CT molecular complexity index is 559. The molecule has 0 radical (unpaired) electrons. The molecule has 0 saturated heterocycles. The van der Waals surface area contributed by atoms with Gasteiger partial charge in [0.25, 0.3) is 0 Å². The third-order valence-electron chi connectivity index (χ3n) is 3.37. The number of carboxylic acids is 1. The van der Waals surface area contributed by atoms with E-state index in [1.54, 1.807) is 23.5 Å². The molecule has 0 aliphatic rings. The lowest BCUT2D eigenvalue weighted by molar-refractivity contribution is -0.141. The standard InChI is InChI=1S/C18H21NO2S2/c19-18(17(20)21,13-22-11-15-7-3-1-4-8-15)14-23-12-16-9-5-2-6-10-16/h1-10H,11-14,19H2,(H,20,21). The second-order valence-corrected chi connectivity index (χ2v) is 7.39. The Balaban J connectivity index is 1.82. The summed E-state index contributed by atoms with van der Waals surface area (Å²) in [5, 5.41) is 9.48. The summed E-state index contributed by atoms with van der Waals surface area (Å²) in [5.41, 5.74) is 7.30. The quantitative estimate of drug-likeness (QED) is 0.725. The highest BCUT2D eigenvalue weighted by molar-refractivity contribution is 7.99. The SMILES string of the molecule is NC(CSCc1ccccc1)(CSCc1ccccc1)C(=O)O. The third-order valence-corrected chi connectivity index (χ3v) is 5.88. The smallest absolute Gasteiger partial charge is 0.325 e. The van der Waals surface area contributed by atoms with Crippen molar-refractivity contribution in [3.8, 4) is 0 Å². The van der Waals surface area contributed by atoms with E-state index in [9.17, 15) is 9.90 Å². The zero-order chi connectivity index (χ0) is 16.5. The van der Waals surface area contributed by atoms with E-state index < -0.39 is 11.5 Å². The van der Waals surface area contributed by atoms with Gasteiger partial charge < -0.3 is 10.8 Å². The molecule has 0 fully saturated rings. The Morgan fingerprint density at radius 3 is 1.61 bits per heavy atom. The first-order valence-electron chi connectivity index (χ1n) is 7.36. The fourth-order valence-electron chi connectivity index (χ4n) is 2.02. The Morgan fingerprint density at radius 1 is 0.870 bits per heavy atom. The van der Waals surface area contributed by atoms with Gasteiger partial charge in [-0.25, -0.2) is 0 Å². The minimum absolute atomic E-state index is 0.402. The highest BCUT2D eigenvalue weighted by Gasteiger charge is 2.33. The largest absolute Gasteiger partial charge is 0.480 e. The van der Waals surface area contributed by atoms with Gasteiger partial charge in [0.05, 0.1) is 0 Å². The van der Waals surface area contributed by atoms with Crippen LogP contribution in [0.5, 0.6) is 0 Å². The van der Waals surface area contributed by atoms with Crippen LogP contribution < -0.4 is 5.73 Å². The van der Waals surface area contributed by atoms with E-state index in [1.165, 1.54) is 11.1 Å². The first-order valence-corrected chi connectivity index (χ1v) is 9.67. The highest BCUT2D eigenvalue weighted by Crippen LogP contribution is 2.22. The van der Waals surface area contributed by atoms with E-state index in [4.69, 9.17) is 5.73 Å². The molecule has 23 heavy (non-hydrogen) atoms. The van der Waals surface area contributed by atoms with Gasteiger partial charge in [-0.05, 0) is 11.1 Å². The van der Waals surface area contributed by atoms with Crippen LogP contribution in [0, 0.1) is 0 Å². The third kappa shape index (κ3) is 5.94.